The SMILES string of the molecule is CCC(CC)CNc1ccc(C)cc1Br. The number of benzene rings is 1. The summed E-state index contributed by atoms with van der Waals surface area (Å²) in [5.74, 6) is 0.776. The van der Waals surface area contributed by atoms with Crippen molar-refractivity contribution in [2.45, 2.75) is 33.6 Å². The van der Waals surface area contributed by atoms with Gasteiger partial charge in [-0.15, -0.1) is 0 Å². The smallest absolute Gasteiger partial charge is 0.0484 e. The molecule has 0 bridgehead atoms. The van der Waals surface area contributed by atoms with Gasteiger partial charge in [-0.2, -0.15) is 0 Å². The van der Waals surface area contributed by atoms with Gasteiger partial charge in [0.25, 0.3) is 0 Å². The molecule has 0 aliphatic heterocycles. The fourth-order valence-corrected chi connectivity index (χ4v) is 2.23. The van der Waals surface area contributed by atoms with Gasteiger partial charge in [0.1, 0.15) is 0 Å². The number of hydrogen-bond donors (Lipinski definition) is 1. The van der Waals surface area contributed by atoms with Crippen LogP contribution in [0.3, 0.4) is 0 Å². The van der Waals surface area contributed by atoms with Crippen LogP contribution in [0, 0.1) is 12.8 Å². The standard InChI is InChI=1S/C13H20BrN/c1-4-11(5-2)9-15-13-7-6-10(3)8-12(13)14/h6-8,11,15H,4-5,9H2,1-3H3. The van der Waals surface area contributed by atoms with Crippen molar-refractivity contribution < 1.29 is 0 Å². The van der Waals surface area contributed by atoms with E-state index in [-0.39, 0.29) is 0 Å². The average molecular weight is 270 g/mol. The fourth-order valence-electron chi connectivity index (χ4n) is 1.60. The second kappa shape index (κ2) is 6.16. The van der Waals surface area contributed by atoms with Crippen LogP contribution in [0.4, 0.5) is 5.69 Å². The van der Waals surface area contributed by atoms with Crippen molar-refractivity contribution >= 4 is 21.6 Å². The Kier molecular flexibility index (Phi) is 5.16. The molecule has 0 spiro atoms. The zero-order chi connectivity index (χ0) is 11.3. The van der Waals surface area contributed by atoms with Crippen LogP contribution in [0.5, 0.6) is 0 Å². The summed E-state index contributed by atoms with van der Waals surface area (Å²) in [6.45, 7) is 7.67. The van der Waals surface area contributed by atoms with Gasteiger partial charge in [-0.3, -0.25) is 0 Å². The van der Waals surface area contributed by atoms with Crippen LogP contribution in [0.25, 0.3) is 0 Å². The first-order chi connectivity index (χ1) is 7.17. The van der Waals surface area contributed by atoms with E-state index in [2.05, 4.69) is 60.2 Å². The van der Waals surface area contributed by atoms with Gasteiger partial charge in [0.05, 0.1) is 0 Å². The largest absolute Gasteiger partial charge is 0.384 e. The fraction of sp³-hybridized carbons (Fsp3) is 0.538. The molecule has 0 saturated heterocycles. The van der Waals surface area contributed by atoms with Gasteiger partial charge in [0.2, 0.25) is 0 Å². The molecule has 0 aromatic heterocycles. The monoisotopic (exact) mass is 269 g/mol. The molecular formula is C13H20BrN. The minimum absolute atomic E-state index is 0.776. The van der Waals surface area contributed by atoms with Crippen molar-refractivity contribution in [1.29, 1.82) is 0 Å². The molecule has 0 heterocycles. The Bertz CT molecular complexity index is 305. The first-order valence-electron chi connectivity index (χ1n) is 5.67. The van der Waals surface area contributed by atoms with E-state index in [9.17, 15) is 0 Å². The normalized spacial score (nSPS) is 10.7. The van der Waals surface area contributed by atoms with E-state index in [4.69, 9.17) is 0 Å². The van der Waals surface area contributed by atoms with Crippen LogP contribution in [0.1, 0.15) is 32.3 Å². The lowest BCUT2D eigenvalue weighted by Gasteiger charge is -2.15. The lowest BCUT2D eigenvalue weighted by atomic mass is 10.0. The molecule has 1 rings (SSSR count). The maximum atomic E-state index is 3.58. The quantitative estimate of drug-likeness (QED) is 0.824. The molecule has 1 aromatic rings. The third-order valence-electron chi connectivity index (χ3n) is 2.86. The topological polar surface area (TPSA) is 12.0 Å². The lowest BCUT2D eigenvalue weighted by Crippen LogP contribution is -2.12. The third-order valence-corrected chi connectivity index (χ3v) is 3.52. The maximum Gasteiger partial charge on any atom is 0.0484 e. The van der Waals surface area contributed by atoms with Crippen molar-refractivity contribution in [2.24, 2.45) is 5.92 Å². The van der Waals surface area contributed by atoms with E-state index < -0.39 is 0 Å². The molecule has 0 amide bonds. The molecular weight excluding hydrogens is 250 g/mol. The molecule has 15 heavy (non-hydrogen) atoms. The highest BCUT2D eigenvalue weighted by Crippen LogP contribution is 2.24. The summed E-state index contributed by atoms with van der Waals surface area (Å²) in [4.78, 5) is 0. The summed E-state index contributed by atoms with van der Waals surface area (Å²) in [6, 6.07) is 6.43. The molecule has 1 N–H and O–H groups in total. The summed E-state index contributed by atoms with van der Waals surface area (Å²) in [5, 5.41) is 3.50. The predicted octanol–water partition coefficient (Wildman–Crippen LogP) is 4.61. The minimum atomic E-state index is 0.776. The van der Waals surface area contributed by atoms with Crippen LogP contribution in [-0.2, 0) is 0 Å². The van der Waals surface area contributed by atoms with Crippen molar-refractivity contribution in [2.75, 3.05) is 11.9 Å². The van der Waals surface area contributed by atoms with Gasteiger partial charge in [0.15, 0.2) is 0 Å². The van der Waals surface area contributed by atoms with E-state index in [0.717, 1.165) is 16.9 Å². The number of nitrogens with one attached hydrogen (secondary N) is 1. The Morgan fingerprint density at radius 3 is 2.47 bits per heavy atom. The Hall–Kier alpha value is -0.500. The Morgan fingerprint density at radius 1 is 1.27 bits per heavy atom. The second-order valence-corrected chi connectivity index (χ2v) is 4.90. The zero-order valence-corrected chi connectivity index (χ0v) is 11.4. The number of anilines is 1. The molecule has 0 aliphatic rings. The minimum Gasteiger partial charge on any atom is -0.384 e. The zero-order valence-electron chi connectivity index (χ0n) is 9.81. The van der Waals surface area contributed by atoms with Crippen LogP contribution in [-0.4, -0.2) is 6.54 Å². The third kappa shape index (κ3) is 3.86. The number of aryl methyl sites for hydroxylation is 1. The van der Waals surface area contributed by atoms with Gasteiger partial charge in [-0.1, -0.05) is 32.8 Å². The maximum absolute atomic E-state index is 3.58. The van der Waals surface area contributed by atoms with Crippen molar-refractivity contribution in [3.63, 3.8) is 0 Å². The van der Waals surface area contributed by atoms with E-state index >= 15 is 0 Å². The van der Waals surface area contributed by atoms with Crippen LogP contribution in [0.15, 0.2) is 22.7 Å². The molecule has 1 nitrogen and oxygen atoms in total. The van der Waals surface area contributed by atoms with Crippen molar-refractivity contribution in [1.82, 2.24) is 0 Å². The number of halogens is 1. The molecule has 0 aliphatic carbocycles. The highest BCUT2D eigenvalue weighted by molar-refractivity contribution is 9.10. The summed E-state index contributed by atoms with van der Waals surface area (Å²) in [5.41, 5.74) is 2.49. The molecule has 1 aromatic carbocycles. The van der Waals surface area contributed by atoms with Crippen LogP contribution < -0.4 is 5.32 Å². The average Bonchev–Trinajstić information content (AvgIpc) is 2.22. The first kappa shape index (κ1) is 12.6. The summed E-state index contributed by atoms with van der Waals surface area (Å²) in [7, 11) is 0. The molecule has 84 valence electrons. The molecule has 0 atom stereocenters. The van der Waals surface area contributed by atoms with Gasteiger partial charge in [-0.25, -0.2) is 0 Å². The highest BCUT2D eigenvalue weighted by atomic mass is 79.9. The molecule has 0 fully saturated rings. The van der Waals surface area contributed by atoms with Crippen LogP contribution >= 0.6 is 15.9 Å². The number of hydrogen-bond acceptors (Lipinski definition) is 1. The van der Waals surface area contributed by atoms with Gasteiger partial charge in [-0.05, 0) is 46.5 Å². The molecule has 0 saturated carbocycles. The van der Waals surface area contributed by atoms with E-state index in [0.29, 0.717) is 0 Å². The Morgan fingerprint density at radius 2 is 1.93 bits per heavy atom. The Labute approximate surface area is 101 Å². The van der Waals surface area contributed by atoms with Gasteiger partial charge in [0, 0.05) is 16.7 Å². The lowest BCUT2D eigenvalue weighted by molar-refractivity contribution is 0.519. The molecule has 0 radical (unpaired) electrons. The summed E-state index contributed by atoms with van der Waals surface area (Å²) < 4.78 is 1.16. The molecule has 0 unspecified atom stereocenters. The van der Waals surface area contributed by atoms with Crippen LogP contribution in [0.2, 0.25) is 0 Å². The van der Waals surface area contributed by atoms with E-state index in [1.165, 1.54) is 24.1 Å². The second-order valence-electron chi connectivity index (χ2n) is 4.05. The first-order valence-corrected chi connectivity index (χ1v) is 6.46. The summed E-state index contributed by atoms with van der Waals surface area (Å²) >= 11 is 3.58. The summed E-state index contributed by atoms with van der Waals surface area (Å²) in [6.07, 6.45) is 2.49. The van der Waals surface area contributed by atoms with Crippen molar-refractivity contribution in [3.8, 4) is 0 Å². The highest BCUT2D eigenvalue weighted by Gasteiger charge is 2.04. The van der Waals surface area contributed by atoms with E-state index in [1.54, 1.807) is 0 Å². The van der Waals surface area contributed by atoms with Gasteiger partial charge < -0.3 is 5.32 Å². The van der Waals surface area contributed by atoms with Crippen molar-refractivity contribution in [3.05, 3.63) is 28.2 Å². The number of rotatable bonds is 5. The van der Waals surface area contributed by atoms with E-state index in [1.807, 2.05) is 0 Å². The Balaban J connectivity index is 2.57. The predicted molar refractivity (Wildman–Crippen MR) is 71.4 cm³/mol. The molecule has 2 heteroatoms. The van der Waals surface area contributed by atoms with Gasteiger partial charge >= 0.3 is 0 Å².